The summed E-state index contributed by atoms with van der Waals surface area (Å²) >= 11 is 0. The number of rotatable bonds is 6. The van der Waals surface area contributed by atoms with E-state index in [0.29, 0.717) is 24.0 Å². The number of hydrogen-bond donors (Lipinski definition) is 1. The molecule has 0 bridgehead atoms. The van der Waals surface area contributed by atoms with Gasteiger partial charge in [-0.3, -0.25) is 4.72 Å². The number of anilines is 1. The summed E-state index contributed by atoms with van der Waals surface area (Å²) in [6.07, 6.45) is 0. The van der Waals surface area contributed by atoms with Crippen molar-refractivity contribution in [1.82, 2.24) is 5.16 Å². The molecule has 1 aromatic carbocycles. The van der Waals surface area contributed by atoms with Gasteiger partial charge in [0.2, 0.25) is 0 Å². The maximum atomic E-state index is 12.2. The zero-order chi connectivity index (χ0) is 15.5. The molecule has 0 radical (unpaired) electrons. The van der Waals surface area contributed by atoms with Crippen LogP contribution >= 0.6 is 0 Å². The maximum absolute atomic E-state index is 12.2. The smallest absolute Gasteiger partial charge is 0.263 e. The van der Waals surface area contributed by atoms with Crippen LogP contribution in [0.4, 0.5) is 5.82 Å². The molecule has 114 valence electrons. The second-order valence-corrected chi connectivity index (χ2v) is 6.79. The molecule has 2 rings (SSSR count). The monoisotopic (exact) mass is 310 g/mol. The second kappa shape index (κ2) is 6.17. The Hall–Kier alpha value is -2.02. The van der Waals surface area contributed by atoms with E-state index in [0.717, 1.165) is 0 Å². The maximum Gasteiger partial charge on any atom is 0.263 e. The number of benzene rings is 1. The predicted molar refractivity (Wildman–Crippen MR) is 78.8 cm³/mol. The van der Waals surface area contributed by atoms with Gasteiger partial charge in [0, 0.05) is 6.07 Å². The van der Waals surface area contributed by atoms with Gasteiger partial charge in [-0.25, -0.2) is 8.42 Å². The number of hydrogen-bond acceptors (Lipinski definition) is 5. The molecule has 1 heterocycles. The minimum absolute atomic E-state index is 0.139. The lowest BCUT2D eigenvalue weighted by Gasteiger charge is -2.09. The highest BCUT2D eigenvalue weighted by molar-refractivity contribution is 7.92. The minimum Gasteiger partial charge on any atom is -0.493 e. The fourth-order valence-electron chi connectivity index (χ4n) is 1.59. The Morgan fingerprint density at radius 3 is 2.48 bits per heavy atom. The van der Waals surface area contributed by atoms with Gasteiger partial charge in [0.1, 0.15) is 11.5 Å². The fourth-order valence-corrected chi connectivity index (χ4v) is 2.57. The highest BCUT2D eigenvalue weighted by Crippen LogP contribution is 2.19. The van der Waals surface area contributed by atoms with E-state index >= 15 is 0 Å². The van der Waals surface area contributed by atoms with Crippen LogP contribution in [0.25, 0.3) is 0 Å². The van der Waals surface area contributed by atoms with Crippen molar-refractivity contribution >= 4 is 15.8 Å². The summed E-state index contributed by atoms with van der Waals surface area (Å²) in [7, 11) is -3.68. The highest BCUT2D eigenvalue weighted by Gasteiger charge is 2.16. The number of aromatic nitrogens is 1. The van der Waals surface area contributed by atoms with Crippen LogP contribution in [0.3, 0.4) is 0 Å². The van der Waals surface area contributed by atoms with Crippen LogP contribution in [-0.4, -0.2) is 20.2 Å². The summed E-state index contributed by atoms with van der Waals surface area (Å²) in [6.45, 7) is 6.36. The third-order valence-corrected chi connectivity index (χ3v) is 3.95. The predicted octanol–water partition coefficient (Wildman–Crippen LogP) is 2.82. The molecule has 0 fully saturated rings. The van der Waals surface area contributed by atoms with Gasteiger partial charge in [-0.05, 0) is 37.1 Å². The first-order valence-electron chi connectivity index (χ1n) is 6.56. The van der Waals surface area contributed by atoms with Crippen molar-refractivity contribution < 1.29 is 17.7 Å². The lowest BCUT2D eigenvalue weighted by molar-refractivity contribution is 0.271. The van der Waals surface area contributed by atoms with Crippen LogP contribution < -0.4 is 9.46 Å². The lowest BCUT2D eigenvalue weighted by Crippen LogP contribution is -2.13. The number of ether oxygens (including phenoxy) is 1. The number of aryl methyl sites for hydroxylation is 1. The third-order valence-electron chi connectivity index (χ3n) is 2.58. The van der Waals surface area contributed by atoms with E-state index in [1.807, 2.05) is 13.8 Å². The molecule has 0 saturated heterocycles. The van der Waals surface area contributed by atoms with Crippen molar-refractivity contribution in [2.75, 3.05) is 11.3 Å². The van der Waals surface area contributed by atoms with Crippen molar-refractivity contribution in [2.24, 2.45) is 5.92 Å². The molecular weight excluding hydrogens is 292 g/mol. The molecule has 0 saturated carbocycles. The van der Waals surface area contributed by atoms with E-state index in [4.69, 9.17) is 9.26 Å². The topological polar surface area (TPSA) is 81.4 Å². The molecular formula is C14H18N2O4S. The summed E-state index contributed by atoms with van der Waals surface area (Å²) in [5.74, 6) is 1.74. The highest BCUT2D eigenvalue weighted by atomic mass is 32.2. The van der Waals surface area contributed by atoms with E-state index in [1.54, 1.807) is 19.1 Å². The van der Waals surface area contributed by atoms with Crippen LogP contribution in [0, 0.1) is 12.8 Å². The van der Waals surface area contributed by atoms with E-state index < -0.39 is 10.0 Å². The van der Waals surface area contributed by atoms with Crippen molar-refractivity contribution in [2.45, 2.75) is 25.7 Å². The zero-order valence-corrected chi connectivity index (χ0v) is 13.0. The Balaban J connectivity index is 2.09. The van der Waals surface area contributed by atoms with Gasteiger partial charge in [-0.1, -0.05) is 19.0 Å². The number of nitrogens with zero attached hydrogens (tertiary/aromatic N) is 1. The SMILES string of the molecule is Cc1cc(NS(=O)(=O)c2ccc(OCC(C)C)cc2)no1. The molecule has 2 aromatic rings. The quantitative estimate of drug-likeness (QED) is 0.887. The standard InChI is InChI=1S/C14H18N2O4S/c1-10(2)9-19-12-4-6-13(7-5-12)21(17,18)16-14-8-11(3)20-15-14/h4-8,10H,9H2,1-3H3,(H,15,16). The van der Waals surface area contributed by atoms with Crippen LogP contribution in [0.15, 0.2) is 39.8 Å². The molecule has 0 amide bonds. The first-order chi connectivity index (χ1) is 9.87. The summed E-state index contributed by atoms with van der Waals surface area (Å²) in [6, 6.07) is 7.75. The zero-order valence-electron chi connectivity index (χ0n) is 12.2. The molecule has 0 spiro atoms. The summed E-state index contributed by atoms with van der Waals surface area (Å²) in [4.78, 5) is 0.139. The summed E-state index contributed by atoms with van der Waals surface area (Å²) in [5.41, 5.74) is 0. The largest absolute Gasteiger partial charge is 0.493 e. The van der Waals surface area contributed by atoms with Crippen LogP contribution in [0.1, 0.15) is 19.6 Å². The van der Waals surface area contributed by atoms with E-state index in [9.17, 15) is 8.42 Å². The third kappa shape index (κ3) is 4.22. The Morgan fingerprint density at radius 1 is 1.29 bits per heavy atom. The van der Waals surface area contributed by atoms with Gasteiger partial charge >= 0.3 is 0 Å². The van der Waals surface area contributed by atoms with Gasteiger partial charge in [0.05, 0.1) is 11.5 Å². The molecule has 0 aliphatic carbocycles. The van der Waals surface area contributed by atoms with Crippen LogP contribution in [-0.2, 0) is 10.0 Å². The average molecular weight is 310 g/mol. The molecule has 0 unspecified atom stereocenters. The molecule has 0 atom stereocenters. The normalized spacial score (nSPS) is 11.6. The van der Waals surface area contributed by atoms with Crippen LogP contribution in [0.2, 0.25) is 0 Å². The molecule has 6 nitrogen and oxygen atoms in total. The fraction of sp³-hybridized carbons (Fsp3) is 0.357. The Labute approximate surface area is 124 Å². The van der Waals surface area contributed by atoms with Gasteiger partial charge in [-0.2, -0.15) is 0 Å². The Kier molecular flexibility index (Phi) is 4.52. The molecule has 1 N–H and O–H groups in total. The Morgan fingerprint density at radius 2 is 1.95 bits per heavy atom. The Bertz CT molecular complexity index is 690. The number of sulfonamides is 1. The first kappa shape index (κ1) is 15.4. The molecule has 1 aromatic heterocycles. The van der Waals surface area contributed by atoms with Crippen molar-refractivity contribution in [1.29, 1.82) is 0 Å². The lowest BCUT2D eigenvalue weighted by atomic mass is 10.2. The second-order valence-electron chi connectivity index (χ2n) is 5.10. The first-order valence-corrected chi connectivity index (χ1v) is 8.04. The minimum atomic E-state index is -3.68. The van der Waals surface area contributed by atoms with Crippen LogP contribution in [0.5, 0.6) is 5.75 Å². The van der Waals surface area contributed by atoms with Crippen molar-refractivity contribution in [3.05, 3.63) is 36.1 Å². The van der Waals surface area contributed by atoms with Gasteiger partial charge in [0.25, 0.3) is 10.0 Å². The average Bonchev–Trinajstić information content (AvgIpc) is 2.81. The van der Waals surface area contributed by atoms with Crippen molar-refractivity contribution in [3.8, 4) is 5.75 Å². The van der Waals surface area contributed by atoms with Gasteiger partial charge in [-0.15, -0.1) is 0 Å². The molecule has 7 heteroatoms. The molecule has 0 aliphatic heterocycles. The number of nitrogens with one attached hydrogen (secondary N) is 1. The summed E-state index contributed by atoms with van der Waals surface area (Å²) < 4.78 is 37.0. The molecule has 21 heavy (non-hydrogen) atoms. The molecule has 0 aliphatic rings. The van der Waals surface area contributed by atoms with Gasteiger partial charge in [0.15, 0.2) is 5.82 Å². The van der Waals surface area contributed by atoms with E-state index in [2.05, 4.69) is 9.88 Å². The van der Waals surface area contributed by atoms with E-state index in [-0.39, 0.29) is 10.7 Å². The van der Waals surface area contributed by atoms with Gasteiger partial charge < -0.3 is 9.26 Å². The van der Waals surface area contributed by atoms with E-state index in [1.165, 1.54) is 18.2 Å². The summed E-state index contributed by atoms with van der Waals surface area (Å²) in [5, 5.41) is 3.60. The van der Waals surface area contributed by atoms with Crippen molar-refractivity contribution in [3.63, 3.8) is 0 Å².